The van der Waals surface area contributed by atoms with Gasteiger partial charge in [-0.05, 0) is 56.4 Å². The highest BCUT2D eigenvalue weighted by atomic mass is 32.2. The average molecular weight is 401 g/mol. The Bertz CT molecular complexity index is 912. The van der Waals surface area contributed by atoms with E-state index in [-0.39, 0.29) is 5.69 Å². The molecule has 28 heavy (non-hydrogen) atoms. The van der Waals surface area contributed by atoms with Crippen LogP contribution in [0.1, 0.15) is 44.6 Å². The number of carbonyl (C=O) groups excluding carboxylic acids is 3. The van der Waals surface area contributed by atoms with Gasteiger partial charge in [-0.2, -0.15) is 0 Å². The molecule has 0 amide bonds. The lowest BCUT2D eigenvalue weighted by molar-refractivity contribution is -0.140. The van der Waals surface area contributed by atoms with E-state index < -0.39 is 23.8 Å². The fourth-order valence-corrected chi connectivity index (χ4v) is 3.16. The van der Waals surface area contributed by atoms with Crippen LogP contribution < -0.4 is 0 Å². The van der Waals surface area contributed by atoms with Crippen LogP contribution in [0.15, 0.2) is 35.2 Å². The summed E-state index contributed by atoms with van der Waals surface area (Å²) in [4.78, 5) is 40.5. The smallest absolute Gasteiger partial charge is 0.339 e. The van der Waals surface area contributed by atoms with Crippen molar-refractivity contribution in [2.75, 3.05) is 13.4 Å². The zero-order valence-corrected chi connectivity index (χ0v) is 17.3. The highest BCUT2D eigenvalue weighted by Crippen LogP contribution is 2.21. The molecule has 1 heterocycles. The molecule has 6 nitrogen and oxygen atoms in total. The third-order valence-electron chi connectivity index (χ3n) is 4.26. The second-order valence-corrected chi connectivity index (χ2v) is 7.05. The number of ether oxygens (including phenoxy) is 2. The maximum absolute atomic E-state index is 12.6. The van der Waals surface area contributed by atoms with Gasteiger partial charge in [-0.3, -0.25) is 4.79 Å². The van der Waals surface area contributed by atoms with E-state index in [0.29, 0.717) is 16.8 Å². The number of nitrogens with one attached hydrogen (secondary N) is 1. The lowest BCUT2D eigenvalue weighted by Crippen LogP contribution is -2.24. The number of rotatable bonds is 7. The van der Waals surface area contributed by atoms with E-state index in [1.165, 1.54) is 20.1 Å². The second kappa shape index (κ2) is 9.41. The third kappa shape index (κ3) is 4.92. The molecule has 0 aliphatic heterocycles. The number of methoxy groups -OCH3 is 1. The number of aryl methyl sites for hydroxylation is 1. The zero-order valence-electron chi connectivity index (χ0n) is 16.5. The number of carbonyl (C=O) groups is 3. The maximum Gasteiger partial charge on any atom is 0.339 e. The van der Waals surface area contributed by atoms with Gasteiger partial charge >= 0.3 is 11.9 Å². The van der Waals surface area contributed by atoms with Crippen LogP contribution in [-0.2, 0) is 14.3 Å². The summed E-state index contributed by atoms with van der Waals surface area (Å²) in [5.41, 5.74) is 2.40. The van der Waals surface area contributed by atoms with Gasteiger partial charge in [-0.15, -0.1) is 11.8 Å². The first-order valence-electron chi connectivity index (χ1n) is 8.63. The number of hydrogen-bond acceptors (Lipinski definition) is 6. The molecule has 0 saturated carbocycles. The number of aromatic nitrogens is 1. The molecule has 0 bridgehead atoms. The van der Waals surface area contributed by atoms with Crippen LogP contribution >= 0.6 is 11.8 Å². The molecule has 2 rings (SSSR count). The molecule has 0 aliphatic rings. The van der Waals surface area contributed by atoms with E-state index in [0.717, 1.165) is 10.5 Å². The minimum absolute atomic E-state index is 0.231. The zero-order chi connectivity index (χ0) is 20.8. The van der Waals surface area contributed by atoms with Crippen LogP contribution in [0, 0.1) is 13.8 Å². The Morgan fingerprint density at radius 3 is 2.36 bits per heavy atom. The molecule has 148 valence electrons. The number of ketones is 1. The van der Waals surface area contributed by atoms with Gasteiger partial charge in [0.1, 0.15) is 0 Å². The van der Waals surface area contributed by atoms with Crippen LogP contribution in [0.4, 0.5) is 0 Å². The van der Waals surface area contributed by atoms with E-state index in [9.17, 15) is 14.4 Å². The quantitative estimate of drug-likeness (QED) is 0.327. The van der Waals surface area contributed by atoms with Crippen molar-refractivity contribution in [2.24, 2.45) is 0 Å². The molecule has 0 spiro atoms. The van der Waals surface area contributed by atoms with Gasteiger partial charge in [0.25, 0.3) is 0 Å². The molecular weight excluding hydrogens is 378 g/mol. The summed E-state index contributed by atoms with van der Waals surface area (Å²) in [6.45, 7) is 4.82. The molecule has 0 fully saturated rings. The first-order chi connectivity index (χ1) is 13.3. The first-order valence-corrected chi connectivity index (χ1v) is 9.85. The van der Waals surface area contributed by atoms with Crippen molar-refractivity contribution in [3.05, 3.63) is 58.4 Å². The van der Waals surface area contributed by atoms with Crippen molar-refractivity contribution in [2.45, 2.75) is 31.8 Å². The van der Waals surface area contributed by atoms with Crippen LogP contribution in [0.25, 0.3) is 6.08 Å². The van der Waals surface area contributed by atoms with Crippen molar-refractivity contribution in [3.63, 3.8) is 0 Å². The van der Waals surface area contributed by atoms with E-state index in [1.54, 1.807) is 31.7 Å². The minimum atomic E-state index is -1.00. The molecule has 0 aliphatic carbocycles. The van der Waals surface area contributed by atoms with Crippen LogP contribution in [0.2, 0.25) is 0 Å². The van der Waals surface area contributed by atoms with Crippen molar-refractivity contribution >= 4 is 35.6 Å². The number of Topliss-reactive ketones (excluding diaryl/α,β-unsaturated/α-hetero) is 1. The third-order valence-corrected chi connectivity index (χ3v) is 5.01. The topological polar surface area (TPSA) is 85.5 Å². The standard InChI is InChI=1S/C21H23NO5S/c1-12-18(21(25)26-4)13(2)22-19(12)20(24)14(3)27-17(23)11-8-15-6-9-16(28-5)10-7-15/h6-11,14,22H,1-5H3/b11-8+/t14-/m0/s1. The van der Waals surface area contributed by atoms with E-state index in [2.05, 4.69) is 4.98 Å². The Morgan fingerprint density at radius 2 is 1.79 bits per heavy atom. The highest BCUT2D eigenvalue weighted by molar-refractivity contribution is 7.98. The van der Waals surface area contributed by atoms with Gasteiger partial charge in [-0.1, -0.05) is 12.1 Å². The Balaban J connectivity index is 2.06. The fourth-order valence-electron chi connectivity index (χ4n) is 2.75. The molecule has 1 N–H and O–H groups in total. The van der Waals surface area contributed by atoms with Gasteiger partial charge in [0.15, 0.2) is 6.10 Å². The SMILES string of the molecule is COC(=O)c1c(C)[nH]c(C(=O)[C@H](C)OC(=O)/C=C/c2ccc(SC)cc2)c1C. The van der Waals surface area contributed by atoms with Crippen LogP contribution in [0.5, 0.6) is 0 Å². The van der Waals surface area contributed by atoms with Crippen molar-refractivity contribution in [3.8, 4) is 0 Å². The predicted octanol–water partition coefficient (Wildman–Crippen LogP) is 3.97. The second-order valence-electron chi connectivity index (χ2n) is 6.17. The molecule has 0 radical (unpaired) electrons. The van der Waals surface area contributed by atoms with Gasteiger partial charge in [0.05, 0.1) is 18.4 Å². The lowest BCUT2D eigenvalue weighted by atomic mass is 10.1. The lowest BCUT2D eigenvalue weighted by Gasteiger charge is -2.10. The van der Waals surface area contributed by atoms with Crippen molar-refractivity contribution in [1.82, 2.24) is 4.98 Å². The molecule has 7 heteroatoms. The summed E-state index contributed by atoms with van der Waals surface area (Å²) in [5, 5.41) is 0. The summed E-state index contributed by atoms with van der Waals surface area (Å²) in [5.74, 6) is -1.56. The molecule has 0 saturated heterocycles. The Kier molecular flexibility index (Phi) is 7.23. The average Bonchev–Trinajstić information content (AvgIpc) is 2.99. The van der Waals surface area contributed by atoms with Gasteiger partial charge in [0.2, 0.25) is 5.78 Å². The van der Waals surface area contributed by atoms with E-state index >= 15 is 0 Å². The Morgan fingerprint density at radius 1 is 1.14 bits per heavy atom. The summed E-state index contributed by atoms with van der Waals surface area (Å²) >= 11 is 1.63. The van der Waals surface area contributed by atoms with Gasteiger partial charge in [0, 0.05) is 16.7 Å². The summed E-state index contributed by atoms with van der Waals surface area (Å²) in [6.07, 6.45) is 3.90. The molecule has 1 atom stereocenters. The number of aromatic amines is 1. The Hall–Kier alpha value is -2.80. The number of benzene rings is 1. The van der Waals surface area contributed by atoms with Crippen LogP contribution in [0.3, 0.4) is 0 Å². The molecule has 0 unspecified atom stereocenters. The number of hydrogen-bond donors (Lipinski definition) is 1. The fraction of sp³-hybridized carbons (Fsp3) is 0.286. The monoisotopic (exact) mass is 401 g/mol. The largest absolute Gasteiger partial charge is 0.465 e. The highest BCUT2D eigenvalue weighted by Gasteiger charge is 2.26. The number of thioether (sulfide) groups is 1. The first kappa shape index (κ1) is 21.5. The van der Waals surface area contributed by atoms with Crippen molar-refractivity contribution < 1.29 is 23.9 Å². The normalized spacial score (nSPS) is 12.0. The molecule has 1 aromatic carbocycles. The van der Waals surface area contributed by atoms with Crippen LogP contribution in [-0.4, -0.2) is 42.2 Å². The minimum Gasteiger partial charge on any atom is -0.465 e. The van der Waals surface area contributed by atoms with Gasteiger partial charge < -0.3 is 14.5 Å². The van der Waals surface area contributed by atoms with Gasteiger partial charge in [-0.25, -0.2) is 9.59 Å². The van der Waals surface area contributed by atoms with E-state index in [1.807, 2.05) is 30.5 Å². The summed E-state index contributed by atoms with van der Waals surface area (Å²) in [6, 6.07) is 7.70. The molecule has 2 aromatic rings. The predicted molar refractivity (Wildman–Crippen MR) is 109 cm³/mol. The maximum atomic E-state index is 12.6. The molecular formula is C21H23NO5S. The van der Waals surface area contributed by atoms with Crippen molar-refractivity contribution in [1.29, 1.82) is 0 Å². The van der Waals surface area contributed by atoms with E-state index in [4.69, 9.17) is 9.47 Å². The summed E-state index contributed by atoms with van der Waals surface area (Å²) < 4.78 is 9.95. The Labute approximate surface area is 168 Å². The number of H-pyrrole nitrogens is 1. The summed E-state index contributed by atoms with van der Waals surface area (Å²) in [7, 11) is 1.28. The molecule has 1 aromatic heterocycles. The number of esters is 2.